The van der Waals surface area contributed by atoms with Crippen molar-refractivity contribution in [3.8, 4) is 0 Å². The van der Waals surface area contributed by atoms with Crippen molar-refractivity contribution in [1.29, 1.82) is 0 Å². The average Bonchev–Trinajstić information content (AvgIpc) is 2.31. The fourth-order valence-corrected chi connectivity index (χ4v) is 1.72. The number of allylic oxidation sites excluding steroid dienone is 1. The summed E-state index contributed by atoms with van der Waals surface area (Å²) in [5.41, 5.74) is 3.66. The van der Waals surface area contributed by atoms with Crippen LogP contribution in [0.5, 0.6) is 0 Å². The molecule has 2 rings (SSSR count). The molecule has 0 aliphatic rings. The highest BCUT2D eigenvalue weighted by Crippen LogP contribution is 2.19. The summed E-state index contributed by atoms with van der Waals surface area (Å²) in [6.45, 7) is 2.11. The lowest BCUT2D eigenvalue weighted by Gasteiger charge is -2.02. The van der Waals surface area contributed by atoms with Crippen molar-refractivity contribution in [2.45, 2.75) is 6.92 Å². The Hall–Kier alpha value is -1.53. The molecule has 1 heteroatoms. The maximum atomic E-state index is 5.86. The van der Waals surface area contributed by atoms with E-state index in [4.69, 9.17) is 11.6 Å². The fourth-order valence-electron chi connectivity index (χ4n) is 1.60. The number of halogens is 1. The smallest absolute Gasteiger partial charge is 0.0406 e. The van der Waals surface area contributed by atoms with E-state index in [2.05, 4.69) is 25.1 Å². The Kier molecular flexibility index (Phi) is 3.43. The molecule has 0 bridgehead atoms. The van der Waals surface area contributed by atoms with E-state index < -0.39 is 0 Å². The molecule has 0 radical (unpaired) electrons. The van der Waals surface area contributed by atoms with Gasteiger partial charge in [0.2, 0.25) is 0 Å². The van der Waals surface area contributed by atoms with Crippen LogP contribution in [0.3, 0.4) is 0 Å². The van der Waals surface area contributed by atoms with Gasteiger partial charge in [-0.2, -0.15) is 0 Å². The summed E-state index contributed by atoms with van der Waals surface area (Å²) in [6.07, 6.45) is 2.17. The average molecular weight is 229 g/mol. The lowest BCUT2D eigenvalue weighted by molar-refractivity contribution is 1.57. The Morgan fingerprint density at radius 1 is 0.938 bits per heavy atom. The zero-order valence-corrected chi connectivity index (χ0v) is 9.91. The van der Waals surface area contributed by atoms with E-state index in [1.165, 1.54) is 16.7 Å². The van der Waals surface area contributed by atoms with Gasteiger partial charge in [0.25, 0.3) is 0 Å². The van der Waals surface area contributed by atoms with Crippen LogP contribution in [0, 0.1) is 0 Å². The third-order valence-corrected chi connectivity index (χ3v) is 2.73. The summed E-state index contributed by atoms with van der Waals surface area (Å²) in [4.78, 5) is 0. The summed E-state index contributed by atoms with van der Waals surface area (Å²) in [5, 5.41) is 0.774. The minimum atomic E-state index is 0.774. The molecule has 2 aromatic carbocycles. The predicted molar refractivity (Wildman–Crippen MR) is 71.4 cm³/mol. The molecule has 0 spiro atoms. The van der Waals surface area contributed by atoms with E-state index >= 15 is 0 Å². The highest BCUT2D eigenvalue weighted by atomic mass is 35.5. The first-order chi connectivity index (χ1) is 7.75. The second-order valence-corrected chi connectivity index (χ2v) is 4.18. The van der Waals surface area contributed by atoms with Crippen molar-refractivity contribution in [1.82, 2.24) is 0 Å². The third kappa shape index (κ3) is 2.74. The van der Waals surface area contributed by atoms with E-state index in [-0.39, 0.29) is 0 Å². The standard InChI is InChI=1S/C15H13Cl/c1-12(11-13-5-3-2-4-6-13)14-7-9-15(16)10-8-14/h2-11H,1H3/b12-11+. The van der Waals surface area contributed by atoms with E-state index in [1.807, 2.05) is 42.5 Å². The molecule has 0 N–H and O–H groups in total. The van der Waals surface area contributed by atoms with Gasteiger partial charge in [-0.15, -0.1) is 0 Å². The van der Waals surface area contributed by atoms with Crippen LogP contribution in [-0.2, 0) is 0 Å². The predicted octanol–water partition coefficient (Wildman–Crippen LogP) is 4.90. The van der Waals surface area contributed by atoms with Gasteiger partial charge < -0.3 is 0 Å². The lowest BCUT2D eigenvalue weighted by atomic mass is 10.0. The Balaban J connectivity index is 2.28. The van der Waals surface area contributed by atoms with E-state index in [0.717, 1.165) is 5.02 Å². The Bertz CT molecular complexity index is 481. The molecule has 0 saturated carbocycles. The Labute approximate surface area is 101 Å². The normalized spacial score (nSPS) is 11.5. The van der Waals surface area contributed by atoms with Crippen molar-refractivity contribution in [3.05, 3.63) is 70.7 Å². The van der Waals surface area contributed by atoms with Gasteiger partial charge in [-0.25, -0.2) is 0 Å². The third-order valence-electron chi connectivity index (χ3n) is 2.48. The van der Waals surface area contributed by atoms with E-state index in [0.29, 0.717) is 0 Å². The van der Waals surface area contributed by atoms with Crippen LogP contribution < -0.4 is 0 Å². The number of hydrogen-bond acceptors (Lipinski definition) is 0. The molecular weight excluding hydrogens is 216 g/mol. The second-order valence-electron chi connectivity index (χ2n) is 3.74. The molecule has 0 nitrogen and oxygen atoms in total. The number of rotatable bonds is 2. The quantitative estimate of drug-likeness (QED) is 0.642. The molecule has 0 atom stereocenters. The van der Waals surface area contributed by atoms with Crippen LogP contribution in [0.4, 0.5) is 0 Å². The Morgan fingerprint density at radius 3 is 2.19 bits per heavy atom. The Morgan fingerprint density at radius 2 is 1.56 bits per heavy atom. The molecule has 16 heavy (non-hydrogen) atoms. The van der Waals surface area contributed by atoms with Crippen molar-refractivity contribution in [2.75, 3.05) is 0 Å². The van der Waals surface area contributed by atoms with E-state index in [1.54, 1.807) is 0 Å². The molecule has 0 fully saturated rings. The fraction of sp³-hybridized carbons (Fsp3) is 0.0667. The van der Waals surface area contributed by atoms with Crippen LogP contribution in [0.1, 0.15) is 18.1 Å². The molecular formula is C15H13Cl. The summed E-state index contributed by atoms with van der Waals surface area (Å²) >= 11 is 5.86. The van der Waals surface area contributed by atoms with E-state index in [9.17, 15) is 0 Å². The topological polar surface area (TPSA) is 0 Å². The summed E-state index contributed by atoms with van der Waals surface area (Å²) in [5.74, 6) is 0. The minimum Gasteiger partial charge on any atom is -0.0843 e. The zero-order valence-electron chi connectivity index (χ0n) is 9.15. The van der Waals surface area contributed by atoms with Gasteiger partial charge >= 0.3 is 0 Å². The first kappa shape index (κ1) is 11.0. The van der Waals surface area contributed by atoms with Gasteiger partial charge in [0.15, 0.2) is 0 Å². The SMILES string of the molecule is C/C(=C\c1ccccc1)c1ccc(Cl)cc1. The summed E-state index contributed by atoms with van der Waals surface area (Å²) in [7, 11) is 0. The van der Waals surface area contributed by atoms with Gasteiger partial charge in [-0.3, -0.25) is 0 Å². The molecule has 0 unspecified atom stereocenters. The summed E-state index contributed by atoms with van der Waals surface area (Å²) < 4.78 is 0. The molecule has 0 heterocycles. The van der Waals surface area contributed by atoms with Gasteiger partial charge in [-0.05, 0) is 35.8 Å². The maximum Gasteiger partial charge on any atom is 0.0406 e. The van der Waals surface area contributed by atoms with Gasteiger partial charge in [0.05, 0.1) is 0 Å². The molecule has 0 aliphatic heterocycles. The van der Waals surface area contributed by atoms with Crippen LogP contribution in [0.15, 0.2) is 54.6 Å². The monoisotopic (exact) mass is 228 g/mol. The van der Waals surface area contributed by atoms with Crippen molar-refractivity contribution >= 4 is 23.3 Å². The molecule has 2 aromatic rings. The van der Waals surface area contributed by atoms with Crippen LogP contribution in [0.2, 0.25) is 5.02 Å². The minimum absolute atomic E-state index is 0.774. The first-order valence-electron chi connectivity index (χ1n) is 5.25. The second kappa shape index (κ2) is 5.00. The van der Waals surface area contributed by atoms with Gasteiger partial charge in [0.1, 0.15) is 0 Å². The molecule has 0 aliphatic carbocycles. The highest BCUT2D eigenvalue weighted by molar-refractivity contribution is 6.30. The largest absolute Gasteiger partial charge is 0.0843 e. The van der Waals surface area contributed by atoms with Crippen molar-refractivity contribution in [3.63, 3.8) is 0 Å². The zero-order chi connectivity index (χ0) is 11.4. The summed E-state index contributed by atoms with van der Waals surface area (Å²) in [6, 6.07) is 18.2. The molecule has 0 amide bonds. The number of benzene rings is 2. The molecule has 0 saturated heterocycles. The number of hydrogen-bond donors (Lipinski definition) is 0. The lowest BCUT2D eigenvalue weighted by Crippen LogP contribution is -1.79. The van der Waals surface area contributed by atoms with Crippen molar-refractivity contribution < 1.29 is 0 Å². The highest BCUT2D eigenvalue weighted by Gasteiger charge is 1.95. The first-order valence-corrected chi connectivity index (χ1v) is 5.63. The van der Waals surface area contributed by atoms with Gasteiger partial charge in [-0.1, -0.05) is 60.1 Å². The maximum absolute atomic E-state index is 5.86. The molecule has 80 valence electrons. The van der Waals surface area contributed by atoms with Crippen molar-refractivity contribution in [2.24, 2.45) is 0 Å². The van der Waals surface area contributed by atoms with Crippen LogP contribution in [-0.4, -0.2) is 0 Å². The van der Waals surface area contributed by atoms with Gasteiger partial charge in [0, 0.05) is 5.02 Å². The molecule has 0 aromatic heterocycles. The van der Waals surface area contributed by atoms with Crippen LogP contribution in [0.25, 0.3) is 11.6 Å². The van der Waals surface area contributed by atoms with Crippen LogP contribution >= 0.6 is 11.6 Å².